The summed E-state index contributed by atoms with van der Waals surface area (Å²) in [5.41, 5.74) is 3.77. The van der Waals surface area contributed by atoms with Crippen molar-refractivity contribution in [2.45, 2.75) is 45.7 Å². The maximum absolute atomic E-state index is 4.07. The van der Waals surface area contributed by atoms with Crippen molar-refractivity contribution in [2.24, 2.45) is 0 Å². The summed E-state index contributed by atoms with van der Waals surface area (Å²) in [6, 6.07) is 11.1. The van der Waals surface area contributed by atoms with E-state index in [4.69, 9.17) is 0 Å². The highest BCUT2D eigenvalue weighted by Gasteiger charge is 2.11. The molecule has 1 unspecified atom stereocenters. The fraction of sp³-hybridized carbons (Fsp3) is 0.438. The summed E-state index contributed by atoms with van der Waals surface area (Å²) >= 11 is 0. The standard InChI is InChI=1S/C16H23N3/c1-3-4-10-16(14-8-6-5-7-9-14)17-11-15-12-18-19-13(15)2/h5-9,12,16-17H,3-4,10-11H2,1-2H3,(H,18,19). The van der Waals surface area contributed by atoms with E-state index in [1.165, 1.54) is 30.4 Å². The van der Waals surface area contributed by atoms with Gasteiger partial charge in [-0.2, -0.15) is 5.10 Å². The average molecular weight is 257 g/mol. The van der Waals surface area contributed by atoms with Crippen LogP contribution in [0.3, 0.4) is 0 Å². The van der Waals surface area contributed by atoms with Crippen LogP contribution < -0.4 is 5.32 Å². The summed E-state index contributed by atoms with van der Waals surface area (Å²) in [7, 11) is 0. The van der Waals surface area contributed by atoms with Gasteiger partial charge in [0, 0.05) is 23.8 Å². The second-order valence-corrected chi connectivity index (χ2v) is 5.01. The Morgan fingerprint density at radius 1 is 1.26 bits per heavy atom. The third-order valence-electron chi connectivity index (χ3n) is 3.52. The number of hydrogen-bond donors (Lipinski definition) is 2. The van der Waals surface area contributed by atoms with E-state index < -0.39 is 0 Å². The van der Waals surface area contributed by atoms with Gasteiger partial charge in [0.15, 0.2) is 0 Å². The van der Waals surface area contributed by atoms with Crippen LogP contribution in [0, 0.1) is 6.92 Å². The van der Waals surface area contributed by atoms with Gasteiger partial charge >= 0.3 is 0 Å². The van der Waals surface area contributed by atoms with Gasteiger partial charge in [-0.3, -0.25) is 5.10 Å². The predicted octanol–water partition coefficient (Wildman–Crippen LogP) is 3.74. The van der Waals surface area contributed by atoms with Crippen molar-refractivity contribution in [3.8, 4) is 0 Å². The Balaban J connectivity index is 2.00. The molecule has 0 radical (unpaired) electrons. The van der Waals surface area contributed by atoms with Crippen LogP contribution in [0.2, 0.25) is 0 Å². The molecule has 2 rings (SSSR count). The zero-order valence-electron chi connectivity index (χ0n) is 11.8. The number of nitrogens with zero attached hydrogens (tertiary/aromatic N) is 1. The maximum atomic E-state index is 4.07. The molecule has 0 spiro atoms. The Labute approximate surface area is 115 Å². The number of aromatic nitrogens is 2. The number of H-pyrrole nitrogens is 1. The van der Waals surface area contributed by atoms with Gasteiger partial charge in [-0.15, -0.1) is 0 Å². The Bertz CT molecular complexity index is 476. The molecule has 1 aromatic heterocycles. The lowest BCUT2D eigenvalue weighted by Crippen LogP contribution is -2.21. The van der Waals surface area contributed by atoms with Gasteiger partial charge in [0.2, 0.25) is 0 Å². The quantitative estimate of drug-likeness (QED) is 0.793. The van der Waals surface area contributed by atoms with Gasteiger partial charge in [-0.05, 0) is 18.9 Å². The minimum absolute atomic E-state index is 0.426. The molecule has 3 heteroatoms. The molecule has 2 N–H and O–H groups in total. The number of rotatable bonds is 7. The minimum Gasteiger partial charge on any atom is -0.306 e. The normalized spacial score (nSPS) is 12.5. The van der Waals surface area contributed by atoms with Crippen LogP contribution in [0.1, 0.15) is 49.0 Å². The van der Waals surface area contributed by atoms with Crippen LogP contribution in [0.25, 0.3) is 0 Å². The first kappa shape index (κ1) is 13.8. The van der Waals surface area contributed by atoms with Crippen molar-refractivity contribution in [3.05, 3.63) is 53.3 Å². The zero-order chi connectivity index (χ0) is 13.5. The molecule has 1 aromatic carbocycles. The molecular formula is C16H23N3. The molecule has 2 aromatic rings. The Kier molecular flexibility index (Phi) is 5.16. The maximum Gasteiger partial charge on any atom is 0.0535 e. The molecule has 0 saturated heterocycles. The smallest absolute Gasteiger partial charge is 0.0535 e. The number of aromatic amines is 1. The second kappa shape index (κ2) is 7.10. The van der Waals surface area contributed by atoms with E-state index in [1.54, 1.807) is 0 Å². The van der Waals surface area contributed by atoms with E-state index in [0.717, 1.165) is 12.2 Å². The molecule has 0 saturated carbocycles. The molecule has 1 heterocycles. The van der Waals surface area contributed by atoms with Gasteiger partial charge in [-0.25, -0.2) is 0 Å². The van der Waals surface area contributed by atoms with Gasteiger partial charge in [-0.1, -0.05) is 50.1 Å². The van der Waals surface area contributed by atoms with Crippen molar-refractivity contribution < 1.29 is 0 Å². The SMILES string of the molecule is CCCCC(NCc1cn[nH]c1C)c1ccccc1. The monoisotopic (exact) mass is 257 g/mol. The van der Waals surface area contributed by atoms with E-state index in [0.29, 0.717) is 6.04 Å². The number of aryl methyl sites for hydroxylation is 1. The minimum atomic E-state index is 0.426. The predicted molar refractivity (Wildman–Crippen MR) is 78.9 cm³/mol. The fourth-order valence-corrected chi connectivity index (χ4v) is 2.27. The average Bonchev–Trinajstić information content (AvgIpc) is 2.85. The summed E-state index contributed by atoms with van der Waals surface area (Å²) in [6.45, 7) is 5.17. The lowest BCUT2D eigenvalue weighted by atomic mass is 10.0. The molecule has 0 aliphatic carbocycles. The topological polar surface area (TPSA) is 40.7 Å². The Morgan fingerprint density at radius 3 is 2.68 bits per heavy atom. The largest absolute Gasteiger partial charge is 0.306 e. The molecule has 0 aliphatic rings. The van der Waals surface area contributed by atoms with Crippen LogP contribution in [0.4, 0.5) is 0 Å². The zero-order valence-corrected chi connectivity index (χ0v) is 11.8. The molecule has 0 bridgehead atoms. The summed E-state index contributed by atoms with van der Waals surface area (Å²) in [5, 5.41) is 10.7. The molecule has 0 fully saturated rings. The van der Waals surface area contributed by atoms with Crippen LogP contribution in [0.5, 0.6) is 0 Å². The first-order chi connectivity index (χ1) is 9.31. The third kappa shape index (κ3) is 3.93. The highest BCUT2D eigenvalue weighted by atomic mass is 15.1. The molecule has 102 valence electrons. The first-order valence-corrected chi connectivity index (χ1v) is 7.08. The van der Waals surface area contributed by atoms with Crippen LogP contribution in [0.15, 0.2) is 36.5 Å². The molecule has 3 nitrogen and oxygen atoms in total. The van der Waals surface area contributed by atoms with Crippen LogP contribution >= 0.6 is 0 Å². The van der Waals surface area contributed by atoms with Gasteiger partial charge in [0.05, 0.1) is 6.20 Å². The summed E-state index contributed by atoms with van der Waals surface area (Å²) < 4.78 is 0. The Hall–Kier alpha value is -1.61. The number of unbranched alkanes of at least 4 members (excludes halogenated alkanes) is 1. The fourth-order valence-electron chi connectivity index (χ4n) is 2.27. The molecular weight excluding hydrogens is 234 g/mol. The lowest BCUT2D eigenvalue weighted by molar-refractivity contribution is 0.480. The van der Waals surface area contributed by atoms with Crippen LogP contribution in [-0.2, 0) is 6.54 Å². The highest BCUT2D eigenvalue weighted by molar-refractivity contribution is 5.20. The van der Waals surface area contributed by atoms with Crippen molar-refractivity contribution in [1.82, 2.24) is 15.5 Å². The van der Waals surface area contributed by atoms with Crippen LogP contribution in [-0.4, -0.2) is 10.2 Å². The molecule has 0 aliphatic heterocycles. The van der Waals surface area contributed by atoms with Crippen molar-refractivity contribution in [2.75, 3.05) is 0 Å². The summed E-state index contributed by atoms with van der Waals surface area (Å²) in [6.07, 6.45) is 5.56. The van der Waals surface area contributed by atoms with E-state index in [1.807, 2.05) is 6.20 Å². The molecule has 19 heavy (non-hydrogen) atoms. The number of benzene rings is 1. The van der Waals surface area contributed by atoms with Crippen molar-refractivity contribution in [1.29, 1.82) is 0 Å². The number of hydrogen-bond acceptors (Lipinski definition) is 2. The van der Waals surface area contributed by atoms with E-state index in [9.17, 15) is 0 Å². The van der Waals surface area contributed by atoms with E-state index in [2.05, 4.69) is 59.7 Å². The highest BCUT2D eigenvalue weighted by Crippen LogP contribution is 2.20. The van der Waals surface area contributed by atoms with Gasteiger partial charge in [0.1, 0.15) is 0 Å². The van der Waals surface area contributed by atoms with E-state index >= 15 is 0 Å². The summed E-state index contributed by atoms with van der Waals surface area (Å²) in [4.78, 5) is 0. The van der Waals surface area contributed by atoms with Gasteiger partial charge in [0.25, 0.3) is 0 Å². The number of nitrogens with one attached hydrogen (secondary N) is 2. The second-order valence-electron chi connectivity index (χ2n) is 5.01. The van der Waals surface area contributed by atoms with Crippen molar-refractivity contribution in [3.63, 3.8) is 0 Å². The molecule has 0 amide bonds. The van der Waals surface area contributed by atoms with Crippen molar-refractivity contribution >= 4 is 0 Å². The molecule has 1 atom stereocenters. The first-order valence-electron chi connectivity index (χ1n) is 7.08. The van der Waals surface area contributed by atoms with Gasteiger partial charge < -0.3 is 5.32 Å². The van der Waals surface area contributed by atoms with E-state index in [-0.39, 0.29) is 0 Å². The Morgan fingerprint density at radius 2 is 2.05 bits per heavy atom. The third-order valence-corrected chi connectivity index (χ3v) is 3.52. The summed E-state index contributed by atoms with van der Waals surface area (Å²) in [5.74, 6) is 0. The lowest BCUT2D eigenvalue weighted by Gasteiger charge is -2.19.